The second-order valence-electron chi connectivity index (χ2n) is 5.92. The van der Waals surface area contributed by atoms with Gasteiger partial charge in [0.2, 0.25) is 11.1 Å². The van der Waals surface area contributed by atoms with Crippen LogP contribution in [0.25, 0.3) is 0 Å². The van der Waals surface area contributed by atoms with Gasteiger partial charge in [-0.25, -0.2) is 4.68 Å². The van der Waals surface area contributed by atoms with Gasteiger partial charge in [0, 0.05) is 5.56 Å². The molecule has 1 atom stereocenters. The molecule has 1 heterocycles. The topological polar surface area (TPSA) is 81.9 Å². The molecule has 0 fully saturated rings. The van der Waals surface area contributed by atoms with Crippen LogP contribution >= 0.6 is 11.8 Å². The highest BCUT2D eigenvalue weighted by Crippen LogP contribution is 2.24. The van der Waals surface area contributed by atoms with Crippen molar-refractivity contribution >= 4 is 17.7 Å². The normalized spacial score (nSPS) is 11.8. The summed E-state index contributed by atoms with van der Waals surface area (Å²) in [6, 6.07) is 17.4. The maximum atomic E-state index is 12.3. The number of para-hydroxylation sites is 1. The van der Waals surface area contributed by atoms with Gasteiger partial charge in [-0.15, -0.1) is 5.10 Å². The molecule has 0 aliphatic rings. The first-order valence-electron chi connectivity index (χ1n) is 8.52. The molecule has 1 unspecified atom stereocenters. The van der Waals surface area contributed by atoms with Crippen LogP contribution in [0, 0.1) is 0 Å². The fourth-order valence-corrected chi connectivity index (χ4v) is 3.36. The van der Waals surface area contributed by atoms with E-state index in [9.17, 15) is 4.79 Å². The van der Waals surface area contributed by atoms with E-state index in [1.165, 1.54) is 11.8 Å². The van der Waals surface area contributed by atoms with Crippen LogP contribution in [0.2, 0.25) is 0 Å². The van der Waals surface area contributed by atoms with E-state index in [2.05, 4.69) is 20.8 Å². The van der Waals surface area contributed by atoms with Crippen LogP contribution in [-0.4, -0.2) is 39.0 Å². The fourth-order valence-electron chi connectivity index (χ4n) is 2.67. The maximum absolute atomic E-state index is 12.3. The third-order valence-electron chi connectivity index (χ3n) is 3.99. The van der Waals surface area contributed by atoms with Crippen LogP contribution in [0.1, 0.15) is 24.1 Å². The van der Waals surface area contributed by atoms with Crippen LogP contribution in [0.5, 0.6) is 5.75 Å². The van der Waals surface area contributed by atoms with Crippen molar-refractivity contribution in [2.75, 3.05) is 12.9 Å². The number of nitrogens with one attached hydrogen (secondary N) is 1. The van der Waals surface area contributed by atoms with Crippen molar-refractivity contribution in [2.45, 2.75) is 24.7 Å². The number of hydrogen-bond donors (Lipinski definition) is 1. The van der Waals surface area contributed by atoms with Crippen LogP contribution in [0.4, 0.5) is 0 Å². The number of aromatic nitrogens is 4. The lowest BCUT2D eigenvalue weighted by Gasteiger charge is -2.17. The van der Waals surface area contributed by atoms with Crippen LogP contribution < -0.4 is 10.1 Å². The lowest BCUT2D eigenvalue weighted by Crippen LogP contribution is -2.28. The minimum Gasteiger partial charge on any atom is -0.496 e. The molecule has 7 nitrogen and oxygen atoms in total. The zero-order valence-electron chi connectivity index (χ0n) is 15.2. The Bertz CT molecular complexity index is 885. The molecule has 8 heteroatoms. The number of rotatable bonds is 8. The summed E-state index contributed by atoms with van der Waals surface area (Å²) in [4.78, 5) is 12.3. The maximum Gasteiger partial charge on any atom is 0.230 e. The van der Waals surface area contributed by atoms with E-state index in [1.54, 1.807) is 11.8 Å². The fraction of sp³-hybridized carbons (Fsp3) is 0.263. The van der Waals surface area contributed by atoms with E-state index in [0.29, 0.717) is 11.7 Å². The largest absolute Gasteiger partial charge is 0.496 e. The predicted octanol–water partition coefficient (Wildman–Crippen LogP) is 2.70. The minimum atomic E-state index is -0.158. The Hall–Kier alpha value is -2.87. The molecule has 0 saturated heterocycles. The standard InChI is InChI=1S/C19H21N5O2S/c1-14(16-10-6-7-11-17(16)26-2)20-18(25)13-27-19-21-22-23-24(19)12-15-8-4-3-5-9-15/h3-11,14H,12-13H2,1-2H3,(H,20,25). The van der Waals surface area contributed by atoms with Gasteiger partial charge in [-0.05, 0) is 29.0 Å². The van der Waals surface area contributed by atoms with Crippen LogP contribution in [0.3, 0.4) is 0 Å². The summed E-state index contributed by atoms with van der Waals surface area (Å²) in [6.45, 7) is 2.50. The molecule has 1 aromatic heterocycles. The number of carbonyl (C=O) groups excluding carboxylic acids is 1. The molecule has 3 rings (SSSR count). The highest BCUT2D eigenvalue weighted by Gasteiger charge is 2.15. The lowest BCUT2D eigenvalue weighted by molar-refractivity contribution is -0.119. The molecule has 0 aliphatic carbocycles. The van der Waals surface area contributed by atoms with Crippen LogP contribution in [-0.2, 0) is 11.3 Å². The molecule has 3 aromatic rings. The van der Waals surface area contributed by atoms with Gasteiger partial charge in [-0.1, -0.05) is 60.3 Å². The molecule has 0 aliphatic heterocycles. The number of amides is 1. The molecular formula is C19H21N5O2S. The number of hydrogen-bond acceptors (Lipinski definition) is 6. The van der Waals surface area contributed by atoms with Crippen LogP contribution in [0.15, 0.2) is 59.8 Å². The monoisotopic (exact) mass is 383 g/mol. The number of ether oxygens (including phenoxy) is 1. The van der Waals surface area contributed by atoms with Gasteiger partial charge in [0.25, 0.3) is 0 Å². The number of methoxy groups -OCH3 is 1. The Kier molecular flexibility index (Phi) is 6.43. The van der Waals surface area contributed by atoms with E-state index < -0.39 is 0 Å². The van der Waals surface area contributed by atoms with Gasteiger partial charge in [0.15, 0.2) is 0 Å². The third-order valence-corrected chi connectivity index (χ3v) is 4.95. The van der Waals surface area contributed by atoms with Gasteiger partial charge in [0.1, 0.15) is 5.75 Å². The molecule has 0 spiro atoms. The van der Waals surface area contributed by atoms with Crippen molar-refractivity contribution in [3.8, 4) is 5.75 Å². The first kappa shape index (κ1) is 18.9. The molecule has 1 N–H and O–H groups in total. The first-order chi connectivity index (χ1) is 13.2. The highest BCUT2D eigenvalue weighted by molar-refractivity contribution is 7.99. The average molecular weight is 383 g/mol. The second-order valence-corrected chi connectivity index (χ2v) is 6.87. The highest BCUT2D eigenvalue weighted by atomic mass is 32.2. The summed E-state index contributed by atoms with van der Waals surface area (Å²) in [5.41, 5.74) is 2.04. The lowest BCUT2D eigenvalue weighted by atomic mass is 10.1. The van der Waals surface area contributed by atoms with Gasteiger partial charge < -0.3 is 10.1 Å². The zero-order chi connectivity index (χ0) is 19.1. The van der Waals surface area contributed by atoms with Gasteiger partial charge in [0.05, 0.1) is 25.4 Å². The third kappa shape index (κ3) is 5.07. The number of thioether (sulfide) groups is 1. The number of carbonyl (C=O) groups is 1. The van der Waals surface area contributed by atoms with Crippen molar-refractivity contribution in [1.82, 2.24) is 25.5 Å². The molecule has 0 radical (unpaired) electrons. The molecule has 2 aromatic carbocycles. The summed E-state index contributed by atoms with van der Waals surface area (Å²) < 4.78 is 7.04. The van der Waals surface area contributed by atoms with Gasteiger partial charge in [-0.2, -0.15) is 0 Å². The molecule has 27 heavy (non-hydrogen) atoms. The molecule has 1 amide bonds. The van der Waals surface area contributed by atoms with Gasteiger partial charge >= 0.3 is 0 Å². The van der Waals surface area contributed by atoms with E-state index in [4.69, 9.17) is 4.74 Å². The van der Waals surface area contributed by atoms with E-state index in [1.807, 2.05) is 61.5 Å². The Labute approximate surface area is 162 Å². The number of benzene rings is 2. The van der Waals surface area contributed by atoms with Crippen molar-refractivity contribution < 1.29 is 9.53 Å². The Morgan fingerprint density at radius 3 is 2.70 bits per heavy atom. The molecule has 140 valence electrons. The van der Waals surface area contributed by atoms with Crippen molar-refractivity contribution in [3.05, 3.63) is 65.7 Å². The van der Waals surface area contributed by atoms with E-state index >= 15 is 0 Å². The summed E-state index contributed by atoms with van der Waals surface area (Å²) in [6.07, 6.45) is 0. The molecule has 0 bridgehead atoms. The Balaban J connectivity index is 1.56. The smallest absolute Gasteiger partial charge is 0.230 e. The Morgan fingerprint density at radius 1 is 1.19 bits per heavy atom. The number of nitrogens with zero attached hydrogens (tertiary/aromatic N) is 4. The number of tetrazole rings is 1. The first-order valence-corrected chi connectivity index (χ1v) is 9.51. The second kappa shape index (κ2) is 9.18. The van der Waals surface area contributed by atoms with Crippen molar-refractivity contribution in [1.29, 1.82) is 0 Å². The van der Waals surface area contributed by atoms with Crippen molar-refractivity contribution in [2.24, 2.45) is 0 Å². The van der Waals surface area contributed by atoms with E-state index in [-0.39, 0.29) is 17.7 Å². The molecule has 0 saturated carbocycles. The SMILES string of the molecule is COc1ccccc1C(C)NC(=O)CSc1nnnn1Cc1ccccc1. The van der Waals surface area contributed by atoms with Gasteiger partial charge in [-0.3, -0.25) is 4.79 Å². The summed E-state index contributed by atoms with van der Waals surface area (Å²) >= 11 is 1.31. The predicted molar refractivity (Wildman–Crippen MR) is 104 cm³/mol. The zero-order valence-corrected chi connectivity index (χ0v) is 16.0. The van der Waals surface area contributed by atoms with E-state index in [0.717, 1.165) is 16.9 Å². The quantitative estimate of drug-likeness (QED) is 0.602. The minimum absolute atomic E-state index is 0.0901. The Morgan fingerprint density at radius 2 is 1.93 bits per heavy atom. The summed E-state index contributed by atoms with van der Waals surface area (Å²) in [5.74, 6) is 0.895. The van der Waals surface area contributed by atoms with Crippen molar-refractivity contribution in [3.63, 3.8) is 0 Å². The molecular weight excluding hydrogens is 362 g/mol. The average Bonchev–Trinajstić information content (AvgIpc) is 3.14. The summed E-state index contributed by atoms with van der Waals surface area (Å²) in [5, 5.41) is 15.3. The summed E-state index contributed by atoms with van der Waals surface area (Å²) in [7, 11) is 1.62.